The van der Waals surface area contributed by atoms with Crippen LogP contribution in [0.25, 0.3) is 5.00 Å². The summed E-state index contributed by atoms with van der Waals surface area (Å²) >= 11 is 1.93. The first-order valence-electron chi connectivity index (χ1n) is 12.1. The maximum Gasteiger partial charge on any atom is 0.318 e. The predicted molar refractivity (Wildman–Crippen MR) is 138 cm³/mol. The lowest BCUT2D eigenvalue weighted by Gasteiger charge is -2.31. The molecule has 1 unspecified atom stereocenters. The number of aryl methyl sites for hydroxylation is 2. The smallest absolute Gasteiger partial charge is 0.318 e. The Balaban J connectivity index is 1.45. The van der Waals surface area contributed by atoms with Gasteiger partial charge in [-0.25, -0.2) is 4.79 Å². The minimum Gasteiger partial charge on any atom is -0.334 e. The van der Waals surface area contributed by atoms with Crippen LogP contribution in [0.15, 0.2) is 72.9 Å². The number of benzene rings is 2. The van der Waals surface area contributed by atoms with Gasteiger partial charge in [0.15, 0.2) is 0 Å². The zero-order chi connectivity index (χ0) is 23.1. The van der Waals surface area contributed by atoms with Gasteiger partial charge in [-0.1, -0.05) is 60.2 Å². The van der Waals surface area contributed by atoms with E-state index >= 15 is 0 Å². The minimum absolute atomic E-state index is 0.0216. The van der Waals surface area contributed by atoms with Gasteiger partial charge in [0.1, 0.15) is 5.00 Å². The molecule has 0 saturated carbocycles. The summed E-state index contributed by atoms with van der Waals surface area (Å²) in [6, 6.07) is 22.9. The maximum absolute atomic E-state index is 13.8. The van der Waals surface area contributed by atoms with E-state index in [1.54, 1.807) is 0 Å². The van der Waals surface area contributed by atoms with Gasteiger partial charge in [0, 0.05) is 23.2 Å². The van der Waals surface area contributed by atoms with Gasteiger partial charge >= 0.3 is 6.03 Å². The molecule has 1 aliphatic carbocycles. The highest BCUT2D eigenvalue weighted by Crippen LogP contribution is 2.44. The predicted octanol–water partition coefficient (Wildman–Crippen LogP) is 6.54. The van der Waals surface area contributed by atoms with Gasteiger partial charge in [0.25, 0.3) is 0 Å². The van der Waals surface area contributed by atoms with Crippen molar-refractivity contribution in [1.29, 1.82) is 0 Å². The summed E-state index contributed by atoms with van der Waals surface area (Å²) in [5.41, 5.74) is 7.43. The van der Waals surface area contributed by atoms with Gasteiger partial charge in [0.05, 0.1) is 18.3 Å². The van der Waals surface area contributed by atoms with Crippen LogP contribution in [0.5, 0.6) is 0 Å². The van der Waals surface area contributed by atoms with Crippen molar-refractivity contribution >= 4 is 17.4 Å². The summed E-state index contributed by atoms with van der Waals surface area (Å²) in [6.07, 6.45) is 6.94. The van der Waals surface area contributed by atoms with Gasteiger partial charge in [-0.2, -0.15) is 0 Å². The quantitative estimate of drug-likeness (QED) is 0.365. The normalized spacial score (nSPS) is 16.9. The van der Waals surface area contributed by atoms with Crippen LogP contribution in [0.4, 0.5) is 4.79 Å². The molecule has 1 aliphatic heterocycles. The molecule has 3 heterocycles. The van der Waals surface area contributed by atoms with Crippen molar-refractivity contribution in [3.63, 3.8) is 0 Å². The number of urea groups is 1. The fraction of sp³-hybridized carbons (Fsp3) is 0.276. The van der Waals surface area contributed by atoms with E-state index in [-0.39, 0.29) is 12.1 Å². The monoisotopic (exact) mass is 467 g/mol. The number of hydrogen-bond acceptors (Lipinski definition) is 2. The minimum atomic E-state index is -0.149. The average molecular weight is 468 g/mol. The molecule has 0 bridgehead atoms. The van der Waals surface area contributed by atoms with E-state index in [0.29, 0.717) is 13.1 Å². The molecule has 34 heavy (non-hydrogen) atoms. The van der Waals surface area contributed by atoms with Crippen LogP contribution in [0, 0.1) is 6.92 Å². The van der Waals surface area contributed by atoms with E-state index in [4.69, 9.17) is 0 Å². The standard InChI is InChI=1S/C29H29N3OS/c1-20-9-7-12-22(17-20)27-25-14-8-16-31(25)28-24(23-13-5-6-15-26(23)34-28)19-32(27)29(33)30-18-21-10-3-2-4-11-21/h2-4,7-12,14,16-17,27H,5-6,13,15,18-19H2,1H3,(H,30,33). The van der Waals surface area contributed by atoms with Crippen LogP contribution in [0.3, 0.4) is 0 Å². The van der Waals surface area contributed by atoms with E-state index in [2.05, 4.69) is 76.4 Å². The topological polar surface area (TPSA) is 37.3 Å². The molecule has 2 aromatic heterocycles. The van der Waals surface area contributed by atoms with Crippen molar-refractivity contribution in [1.82, 2.24) is 14.8 Å². The number of fused-ring (bicyclic) bond motifs is 5. The number of nitrogens with one attached hydrogen (secondary N) is 1. The van der Waals surface area contributed by atoms with Gasteiger partial charge in [0.2, 0.25) is 0 Å². The van der Waals surface area contributed by atoms with E-state index in [1.807, 2.05) is 29.5 Å². The van der Waals surface area contributed by atoms with E-state index in [9.17, 15) is 4.79 Å². The highest BCUT2D eigenvalue weighted by Gasteiger charge is 2.36. The first kappa shape index (κ1) is 21.2. The summed E-state index contributed by atoms with van der Waals surface area (Å²) in [6.45, 7) is 3.26. The number of carbonyl (C=O) groups excluding carboxylic acids is 1. The number of carbonyl (C=O) groups is 1. The maximum atomic E-state index is 13.8. The lowest BCUT2D eigenvalue weighted by atomic mass is 9.95. The molecule has 5 heteroatoms. The summed E-state index contributed by atoms with van der Waals surface area (Å²) in [5.74, 6) is 0. The molecule has 2 aromatic carbocycles. The van der Waals surface area contributed by atoms with Gasteiger partial charge in [-0.05, 0) is 61.4 Å². The molecule has 4 aromatic rings. The molecule has 172 valence electrons. The molecule has 1 N–H and O–H groups in total. The van der Waals surface area contributed by atoms with Crippen LogP contribution in [-0.4, -0.2) is 15.5 Å². The zero-order valence-corrected chi connectivity index (χ0v) is 20.3. The molecule has 6 rings (SSSR count). The Bertz CT molecular complexity index is 1340. The average Bonchev–Trinajstić information content (AvgIpc) is 3.45. The number of hydrogen-bond donors (Lipinski definition) is 1. The number of aromatic nitrogens is 1. The Morgan fingerprint density at radius 2 is 1.85 bits per heavy atom. The molecule has 4 nitrogen and oxygen atoms in total. The van der Waals surface area contributed by atoms with Crippen LogP contribution >= 0.6 is 11.3 Å². The molecule has 1 atom stereocenters. The second kappa shape index (κ2) is 8.80. The van der Waals surface area contributed by atoms with Crippen LogP contribution < -0.4 is 5.32 Å². The molecular formula is C29H29N3OS. The third kappa shape index (κ3) is 3.74. The second-order valence-corrected chi connectivity index (χ2v) is 10.5. The molecule has 0 fully saturated rings. The fourth-order valence-electron chi connectivity index (χ4n) is 5.45. The van der Waals surface area contributed by atoms with Crippen molar-refractivity contribution in [2.45, 2.75) is 51.7 Å². The third-order valence-corrected chi connectivity index (χ3v) is 8.42. The van der Waals surface area contributed by atoms with Crippen molar-refractivity contribution in [3.05, 3.63) is 111 Å². The van der Waals surface area contributed by atoms with E-state index in [1.165, 1.54) is 39.4 Å². The number of rotatable bonds is 3. The van der Waals surface area contributed by atoms with Crippen LogP contribution in [0.1, 0.15) is 57.3 Å². The van der Waals surface area contributed by atoms with Crippen molar-refractivity contribution in [2.75, 3.05) is 0 Å². The summed E-state index contributed by atoms with van der Waals surface area (Å²) in [5, 5.41) is 4.51. The summed E-state index contributed by atoms with van der Waals surface area (Å²) in [4.78, 5) is 17.4. The van der Waals surface area contributed by atoms with Crippen LogP contribution in [0.2, 0.25) is 0 Å². The molecule has 0 radical (unpaired) electrons. The van der Waals surface area contributed by atoms with E-state index in [0.717, 1.165) is 29.7 Å². The summed E-state index contributed by atoms with van der Waals surface area (Å²) < 4.78 is 2.34. The number of amides is 2. The molecule has 0 spiro atoms. The largest absolute Gasteiger partial charge is 0.334 e. The Morgan fingerprint density at radius 3 is 2.71 bits per heavy atom. The molecule has 2 amide bonds. The van der Waals surface area contributed by atoms with E-state index < -0.39 is 0 Å². The SMILES string of the molecule is Cc1cccc(C2c3cccn3-c3sc4c(c3CN2C(=O)NCc2ccccc2)CCCC4)c1. The van der Waals surface area contributed by atoms with Crippen molar-refractivity contribution < 1.29 is 4.79 Å². The van der Waals surface area contributed by atoms with Gasteiger partial charge in [-0.3, -0.25) is 0 Å². The summed E-state index contributed by atoms with van der Waals surface area (Å²) in [7, 11) is 0. The van der Waals surface area contributed by atoms with Crippen LogP contribution in [-0.2, 0) is 25.9 Å². The highest BCUT2D eigenvalue weighted by molar-refractivity contribution is 7.15. The highest BCUT2D eigenvalue weighted by atomic mass is 32.1. The first-order chi connectivity index (χ1) is 16.7. The number of thiophene rings is 1. The fourth-order valence-corrected chi connectivity index (χ4v) is 6.86. The Labute approximate surface area is 204 Å². The lowest BCUT2D eigenvalue weighted by Crippen LogP contribution is -2.41. The first-order valence-corrected chi connectivity index (χ1v) is 13.0. The van der Waals surface area contributed by atoms with Gasteiger partial charge in [-0.15, -0.1) is 11.3 Å². The molecule has 0 saturated heterocycles. The van der Waals surface area contributed by atoms with Crippen molar-refractivity contribution in [3.8, 4) is 5.00 Å². The lowest BCUT2D eigenvalue weighted by molar-refractivity contribution is 0.180. The zero-order valence-electron chi connectivity index (χ0n) is 19.5. The molecular weight excluding hydrogens is 438 g/mol. The Kier molecular flexibility index (Phi) is 5.50. The van der Waals surface area contributed by atoms with Gasteiger partial charge < -0.3 is 14.8 Å². The van der Waals surface area contributed by atoms with Crippen molar-refractivity contribution in [2.24, 2.45) is 0 Å². The number of nitrogens with zero attached hydrogens (tertiary/aromatic N) is 2. The third-order valence-electron chi connectivity index (χ3n) is 7.08. The molecule has 2 aliphatic rings. The Hall–Kier alpha value is -3.31. The second-order valence-electron chi connectivity index (χ2n) is 9.39. The Morgan fingerprint density at radius 1 is 1.00 bits per heavy atom.